The SMILES string of the molecule is O=C=Nc1ccc(-c2ccccc2Sc2ccccc2-c2ccc(N=C=O)c3c(Br)cccc23)c2cccc(Br)c12. The summed E-state index contributed by atoms with van der Waals surface area (Å²) in [5.74, 6) is 0. The molecular weight excluding hydrogens is 660 g/mol. The van der Waals surface area contributed by atoms with Crippen molar-refractivity contribution in [3.63, 3.8) is 0 Å². The molecule has 0 atom stereocenters. The molecule has 0 N–H and O–H groups in total. The molecule has 7 heteroatoms. The third-order valence-corrected chi connectivity index (χ3v) is 9.32. The molecule has 0 unspecified atom stereocenters. The van der Waals surface area contributed by atoms with Crippen molar-refractivity contribution in [1.82, 2.24) is 0 Å². The van der Waals surface area contributed by atoms with Crippen LogP contribution in [0.15, 0.2) is 138 Å². The zero-order valence-electron chi connectivity index (χ0n) is 21.3. The van der Waals surface area contributed by atoms with E-state index in [2.05, 4.69) is 66.1 Å². The zero-order valence-corrected chi connectivity index (χ0v) is 25.3. The second-order valence-electron chi connectivity index (χ2n) is 9.09. The third-order valence-electron chi connectivity index (χ3n) is 6.84. The molecule has 0 spiro atoms. The van der Waals surface area contributed by atoms with Crippen molar-refractivity contribution in [2.45, 2.75) is 9.79 Å². The number of hydrogen-bond donors (Lipinski definition) is 0. The van der Waals surface area contributed by atoms with Gasteiger partial charge in [0.25, 0.3) is 0 Å². The Bertz CT molecular complexity index is 1930. The first-order valence-corrected chi connectivity index (χ1v) is 15.0. The molecule has 0 radical (unpaired) electrons. The molecule has 4 nitrogen and oxygen atoms in total. The van der Waals surface area contributed by atoms with Gasteiger partial charge in [0, 0.05) is 29.5 Å². The number of halogens is 2. The van der Waals surface area contributed by atoms with E-state index in [4.69, 9.17) is 0 Å². The van der Waals surface area contributed by atoms with Gasteiger partial charge in [-0.3, -0.25) is 0 Å². The highest BCUT2D eigenvalue weighted by molar-refractivity contribution is 9.11. The maximum Gasteiger partial charge on any atom is 0.240 e. The molecule has 0 fully saturated rings. The minimum Gasteiger partial charge on any atom is -0.211 e. The van der Waals surface area contributed by atoms with E-state index >= 15 is 0 Å². The van der Waals surface area contributed by atoms with Crippen LogP contribution in [-0.2, 0) is 9.59 Å². The number of hydrogen-bond acceptors (Lipinski definition) is 5. The largest absolute Gasteiger partial charge is 0.240 e. The highest BCUT2D eigenvalue weighted by atomic mass is 79.9. The number of rotatable bonds is 6. The summed E-state index contributed by atoms with van der Waals surface area (Å²) in [5, 5.41) is 3.70. The van der Waals surface area contributed by atoms with Crippen LogP contribution in [0.4, 0.5) is 11.4 Å². The van der Waals surface area contributed by atoms with Crippen molar-refractivity contribution in [1.29, 1.82) is 0 Å². The first kappa shape index (κ1) is 27.1. The number of benzene rings is 6. The van der Waals surface area contributed by atoms with E-state index in [-0.39, 0.29) is 0 Å². The van der Waals surface area contributed by atoms with Gasteiger partial charge >= 0.3 is 0 Å². The summed E-state index contributed by atoms with van der Waals surface area (Å²) < 4.78 is 1.73. The van der Waals surface area contributed by atoms with Crippen molar-refractivity contribution in [2.24, 2.45) is 9.98 Å². The first-order chi connectivity index (χ1) is 20.1. The molecule has 6 rings (SSSR count). The average molecular weight is 678 g/mol. The highest BCUT2D eigenvalue weighted by Crippen LogP contribution is 2.46. The minimum absolute atomic E-state index is 0.571. The van der Waals surface area contributed by atoms with E-state index in [1.807, 2.05) is 84.9 Å². The van der Waals surface area contributed by atoms with Crippen LogP contribution in [-0.4, -0.2) is 12.2 Å². The summed E-state index contributed by atoms with van der Waals surface area (Å²) in [6.45, 7) is 0. The van der Waals surface area contributed by atoms with Crippen molar-refractivity contribution in [3.05, 3.63) is 118 Å². The molecule has 41 heavy (non-hydrogen) atoms. The number of isocyanates is 2. The molecule has 0 aliphatic rings. The lowest BCUT2D eigenvalue weighted by Crippen LogP contribution is -1.89. The molecule has 196 valence electrons. The molecule has 0 saturated heterocycles. The zero-order chi connectivity index (χ0) is 28.3. The van der Waals surface area contributed by atoms with Gasteiger partial charge < -0.3 is 0 Å². The molecule has 6 aromatic rings. The van der Waals surface area contributed by atoms with Gasteiger partial charge in [0.05, 0.1) is 11.4 Å². The standard InChI is InChI=1S/C34H18Br2N2O2S/c35-27-11-5-9-25-21(15-17-29(33(25)27)37-19-39)23-7-1-3-13-31(23)41-32-14-4-2-8-24(32)22-16-18-30(38-20-40)34-26(22)10-6-12-28(34)36/h1-18H. The van der Waals surface area contributed by atoms with Crippen molar-refractivity contribution < 1.29 is 9.59 Å². The number of fused-ring (bicyclic) bond motifs is 2. The van der Waals surface area contributed by atoms with Crippen LogP contribution in [0.1, 0.15) is 0 Å². The average Bonchev–Trinajstić information content (AvgIpc) is 2.99. The predicted molar refractivity (Wildman–Crippen MR) is 174 cm³/mol. The fourth-order valence-corrected chi connectivity index (χ4v) is 7.36. The molecule has 0 bridgehead atoms. The Balaban J connectivity index is 1.52. The van der Waals surface area contributed by atoms with Gasteiger partial charge in [0.2, 0.25) is 12.2 Å². The summed E-state index contributed by atoms with van der Waals surface area (Å²) in [6, 6.07) is 36.3. The second-order valence-corrected chi connectivity index (χ2v) is 11.9. The number of nitrogens with zero attached hydrogens (tertiary/aromatic N) is 2. The summed E-state index contributed by atoms with van der Waals surface area (Å²) in [5.41, 5.74) is 5.36. The summed E-state index contributed by atoms with van der Waals surface area (Å²) in [6.07, 6.45) is 3.35. The summed E-state index contributed by atoms with van der Waals surface area (Å²) >= 11 is 8.98. The van der Waals surface area contributed by atoms with Gasteiger partial charge in [0.1, 0.15) is 0 Å². The molecule has 0 aromatic heterocycles. The molecule has 6 aromatic carbocycles. The van der Waals surface area contributed by atoms with E-state index in [1.165, 1.54) is 0 Å². The lowest BCUT2D eigenvalue weighted by molar-refractivity contribution is 0.564. The smallest absolute Gasteiger partial charge is 0.211 e. The van der Waals surface area contributed by atoms with Gasteiger partial charge in [-0.2, -0.15) is 9.98 Å². The van der Waals surface area contributed by atoms with Crippen molar-refractivity contribution in [2.75, 3.05) is 0 Å². The Morgan fingerprint density at radius 1 is 0.488 bits per heavy atom. The number of aliphatic imine (C=N–C) groups is 2. The molecule has 0 saturated carbocycles. The van der Waals surface area contributed by atoms with E-state index in [0.29, 0.717) is 11.4 Å². The molecule has 0 amide bonds. The van der Waals surface area contributed by atoms with Gasteiger partial charge in [-0.25, -0.2) is 9.59 Å². The number of carbonyl (C=O) groups excluding carboxylic acids is 2. The van der Waals surface area contributed by atoms with Crippen LogP contribution in [0.3, 0.4) is 0 Å². The van der Waals surface area contributed by atoms with Gasteiger partial charge in [0.15, 0.2) is 0 Å². The maximum absolute atomic E-state index is 11.1. The fourth-order valence-electron chi connectivity index (χ4n) is 5.12. The van der Waals surface area contributed by atoms with Crippen LogP contribution in [0, 0.1) is 0 Å². The minimum atomic E-state index is 0.571. The molecular formula is C34H18Br2N2O2S. The predicted octanol–water partition coefficient (Wildman–Crippen LogP) is 10.9. The summed E-state index contributed by atoms with van der Waals surface area (Å²) in [4.78, 5) is 32.3. The molecule has 0 heterocycles. The Labute approximate surface area is 257 Å². The van der Waals surface area contributed by atoms with Crippen LogP contribution in [0.2, 0.25) is 0 Å². The topological polar surface area (TPSA) is 58.9 Å². The van der Waals surface area contributed by atoms with Crippen LogP contribution in [0.5, 0.6) is 0 Å². The van der Waals surface area contributed by atoms with Gasteiger partial charge in [-0.1, -0.05) is 116 Å². The molecule has 0 aliphatic carbocycles. The van der Waals surface area contributed by atoms with Gasteiger partial charge in [-0.05, 0) is 69.4 Å². The Morgan fingerprint density at radius 3 is 1.37 bits per heavy atom. The first-order valence-electron chi connectivity index (χ1n) is 12.6. The monoisotopic (exact) mass is 676 g/mol. The van der Waals surface area contributed by atoms with Gasteiger partial charge in [-0.15, -0.1) is 0 Å². The van der Waals surface area contributed by atoms with Crippen molar-refractivity contribution in [3.8, 4) is 22.3 Å². The lowest BCUT2D eigenvalue weighted by atomic mass is 9.97. The Morgan fingerprint density at radius 2 is 0.927 bits per heavy atom. The van der Waals surface area contributed by atoms with Crippen LogP contribution in [0.25, 0.3) is 43.8 Å². The second kappa shape index (κ2) is 11.8. The van der Waals surface area contributed by atoms with E-state index in [9.17, 15) is 9.59 Å². The van der Waals surface area contributed by atoms with Crippen LogP contribution >= 0.6 is 43.6 Å². The van der Waals surface area contributed by atoms with Crippen LogP contribution < -0.4 is 0 Å². The third kappa shape index (κ3) is 5.11. The summed E-state index contributed by atoms with van der Waals surface area (Å²) in [7, 11) is 0. The fraction of sp³-hybridized carbons (Fsp3) is 0. The Kier molecular flexibility index (Phi) is 7.80. The normalized spacial score (nSPS) is 10.8. The molecule has 0 aliphatic heterocycles. The van der Waals surface area contributed by atoms with Crippen molar-refractivity contribution >= 4 is 88.7 Å². The maximum atomic E-state index is 11.1. The lowest BCUT2D eigenvalue weighted by Gasteiger charge is -2.16. The quantitative estimate of drug-likeness (QED) is 0.130. The Hall–Kier alpha value is -4.09. The van der Waals surface area contributed by atoms with E-state index < -0.39 is 0 Å². The highest BCUT2D eigenvalue weighted by Gasteiger charge is 2.17. The van der Waals surface area contributed by atoms with E-state index in [0.717, 1.165) is 62.5 Å². The van der Waals surface area contributed by atoms with E-state index in [1.54, 1.807) is 23.9 Å².